The highest BCUT2D eigenvalue weighted by Gasteiger charge is 2.07. The van der Waals surface area contributed by atoms with Gasteiger partial charge >= 0.3 is 0 Å². The topological polar surface area (TPSA) is 91.1 Å². The van der Waals surface area contributed by atoms with Gasteiger partial charge in [-0.1, -0.05) is 15.9 Å². The summed E-state index contributed by atoms with van der Waals surface area (Å²) in [5, 5.41) is 21.9. The van der Waals surface area contributed by atoms with Crippen molar-refractivity contribution in [3.05, 3.63) is 22.3 Å². The molecule has 0 aromatic carbocycles. The van der Waals surface area contributed by atoms with Crippen molar-refractivity contribution in [1.82, 2.24) is 25.6 Å². The van der Waals surface area contributed by atoms with E-state index in [4.69, 9.17) is 5.26 Å². The molecule has 0 saturated carbocycles. The van der Waals surface area contributed by atoms with E-state index in [2.05, 4.69) is 41.5 Å². The SMILES string of the molecule is N#Cc1cc(Br)cc(-c2nn[nH]n2)n1. The molecule has 0 atom stereocenters. The molecule has 0 amide bonds. The molecule has 1 N–H and O–H groups in total. The minimum Gasteiger partial charge on any atom is -0.234 e. The molecule has 0 aliphatic rings. The maximum Gasteiger partial charge on any atom is 0.223 e. The average Bonchev–Trinajstić information content (AvgIpc) is 2.69. The molecule has 0 unspecified atom stereocenters. The van der Waals surface area contributed by atoms with Gasteiger partial charge in [0.05, 0.1) is 0 Å². The Morgan fingerprint density at radius 2 is 2.29 bits per heavy atom. The Kier molecular flexibility index (Phi) is 2.20. The maximum absolute atomic E-state index is 8.69. The van der Waals surface area contributed by atoms with E-state index in [1.807, 2.05) is 6.07 Å². The van der Waals surface area contributed by atoms with Crippen LogP contribution in [0.5, 0.6) is 0 Å². The molecule has 2 rings (SSSR count). The van der Waals surface area contributed by atoms with Crippen molar-refractivity contribution >= 4 is 15.9 Å². The lowest BCUT2D eigenvalue weighted by atomic mass is 10.3. The number of tetrazole rings is 1. The molecular formula is C7H3BrN6. The molecule has 0 bridgehead atoms. The molecule has 0 aliphatic heterocycles. The first kappa shape index (κ1) is 8.77. The number of nitrogens with one attached hydrogen (secondary N) is 1. The molecule has 14 heavy (non-hydrogen) atoms. The van der Waals surface area contributed by atoms with Crippen molar-refractivity contribution in [2.75, 3.05) is 0 Å². The molecule has 0 spiro atoms. The third kappa shape index (κ3) is 1.60. The molecule has 68 valence electrons. The zero-order chi connectivity index (χ0) is 9.97. The van der Waals surface area contributed by atoms with E-state index < -0.39 is 0 Å². The van der Waals surface area contributed by atoms with Gasteiger partial charge in [0.25, 0.3) is 0 Å². The molecule has 0 fully saturated rings. The summed E-state index contributed by atoms with van der Waals surface area (Å²) in [4.78, 5) is 4.02. The summed E-state index contributed by atoms with van der Waals surface area (Å²) in [5.41, 5.74) is 0.809. The fourth-order valence-electron chi connectivity index (χ4n) is 0.939. The van der Waals surface area contributed by atoms with Crippen molar-refractivity contribution in [2.24, 2.45) is 0 Å². The third-order valence-corrected chi connectivity index (χ3v) is 1.94. The minimum absolute atomic E-state index is 0.305. The highest BCUT2D eigenvalue weighted by molar-refractivity contribution is 9.10. The Labute approximate surface area is 87.1 Å². The first-order valence-corrected chi connectivity index (χ1v) is 4.40. The second kappa shape index (κ2) is 3.51. The standard InChI is InChI=1S/C7H3BrN6/c8-4-1-5(3-9)10-6(2-4)7-11-13-14-12-7/h1-2H,(H,11,12,13,14). The molecule has 0 saturated heterocycles. The number of aromatic amines is 1. The summed E-state index contributed by atoms with van der Waals surface area (Å²) in [5.74, 6) is 0.364. The van der Waals surface area contributed by atoms with Gasteiger partial charge in [0.2, 0.25) is 5.82 Å². The highest BCUT2D eigenvalue weighted by atomic mass is 79.9. The van der Waals surface area contributed by atoms with Gasteiger partial charge in [-0.25, -0.2) is 4.98 Å². The van der Waals surface area contributed by atoms with E-state index >= 15 is 0 Å². The average molecular weight is 251 g/mol. The Hall–Kier alpha value is -1.81. The van der Waals surface area contributed by atoms with E-state index in [1.165, 1.54) is 0 Å². The van der Waals surface area contributed by atoms with E-state index in [1.54, 1.807) is 12.1 Å². The van der Waals surface area contributed by atoms with Crippen LogP contribution in [0.1, 0.15) is 5.69 Å². The largest absolute Gasteiger partial charge is 0.234 e. The van der Waals surface area contributed by atoms with Crippen molar-refractivity contribution in [3.8, 4) is 17.6 Å². The van der Waals surface area contributed by atoms with E-state index in [0.29, 0.717) is 17.2 Å². The quantitative estimate of drug-likeness (QED) is 0.812. The molecule has 7 heteroatoms. The highest BCUT2D eigenvalue weighted by Crippen LogP contribution is 2.17. The number of hydrogen-bond acceptors (Lipinski definition) is 5. The number of H-pyrrole nitrogens is 1. The first-order chi connectivity index (χ1) is 6.79. The summed E-state index contributed by atoms with van der Waals surface area (Å²) in [6.07, 6.45) is 0. The smallest absolute Gasteiger partial charge is 0.223 e. The molecular weight excluding hydrogens is 248 g/mol. The van der Waals surface area contributed by atoms with Crippen LogP contribution in [0.25, 0.3) is 11.5 Å². The summed E-state index contributed by atoms with van der Waals surface area (Å²) in [6, 6.07) is 5.27. The van der Waals surface area contributed by atoms with E-state index in [-0.39, 0.29) is 0 Å². The normalized spacial score (nSPS) is 9.71. The van der Waals surface area contributed by atoms with Gasteiger partial charge in [-0.15, -0.1) is 10.2 Å². The predicted octanol–water partition coefficient (Wildman–Crippen LogP) is 0.896. The van der Waals surface area contributed by atoms with Gasteiger partial charge in [0, 0.05) is 4.47 Å². The van der Waals surface area contributed by atoms with Gasteiger partial charge in [0.1, 0.15) is 17.5 Å². The number of rotatable bonds is 1. The lowest BCUT2D eigenvalue weighted by Gasteiger charge is -1.95. The monoisotopic (exact) mass is 250 g/mol. The van der Waals surface area contributed by atoms with Gasteiger partial charge in [-0.3, -0.25) is 0 Å². The second-order valence-corrected chi connectivity index (χ2v) is 3.32. The zero-order valence-corrected chi connectivity index (χ0v) is 8.35. The van der Waals surface area contributed by atoms with Crippen LogP contribution >= 0.6 is 15.9 Å². The van der Waals surface area contributed by atoms with Crippen molar-refractivity contribution in [2.45, 2.75) is 0 Å². The number of halogens is 1. The zero-order valence-electron chi connectivity index (χ0n) is 6.77. The van der Waals surface area contributed by atoms with Crippen LogP contribution in [-0.2, 0) is 0 Å². The van der Waals surface area contributed by atoms with E-state index in [9.17, 15) is 0 Å². The summed E-state index contributed by atoms with van der Waals surface area (Å²) in [6.45, 7) is 0. The van der Waals surface area contributed by atoms with E-state index in [0.717, 1.165) is 4.47 Å². The van der Waals surface area contributed by atoms with Gasteiger partial charge in [-0.05, 0) is 17.3 Å². The number of pyridine rings is 1. The summed E-state index contributed by atoms with van der Waals surface area (Å²) < 4.78 is 0.754. The summed E-state index contributed by atoms with van der Waals surface area (Å²) in [7, 11) is 0. The van der Waals surface area contributed by atoms with Crippen LogP contribution in [0.4, 0.5) is 0 Å². The van der Waals surface area contributed by atoms with Gasteiger partial charge < -0.3 is 0 Å². The fraction of sp³-hybridized carbons (Fsp3) is 0. The molecule has 2 aromatic heterocycles. The third-order valence-electron chi connectivity index (χ3n) is 1.48. The molecule has 2 heterocycles. The number of nitrogens with zero attached hydrogens (tertiary/aromatic N) is 5. The predicted molar refractivity (Wildman–Crippen MR) is 49.8 cm³/mol. The molecule has 0 aliphatic carbocycles. The van der Waals surface area contributed by atoms with Crippen molar-refractivity contribution in [3.63, 3.8) is 0 Å². The van der Waals surface area contributed by atoms with Gasteiger partial charge in [-0.2, -0.15) is 10.5 Å². The van der Waals surface area contributed by atoms with Crippen molar-refractivity contribution in [1.29, 1.82) is 5.26 Å². The van der Waals surface area contributed by atoms with Crippen LogP contribution in [0.2, 0.25) is 0 Å². The molecule has 6 nitrogen and oxygen atoms in total. The number of aromatic nitrogens is 5. The molecule has 2 aromatic rings. The van der Waals surface area contributed by atoms with Crippen LogP contribution in [0.15, 0.2) is 16.6 Å². The molecule has 0 radical (unpaired) electrons. The summed E-state index contributed by atoms with van der Waals surface area (Å²) >= 11 is 3.26. The maximum atomic E-state index is 8.69. The number of nitriles is 1. The Morgan fingerprint density at radius 3 is 2.93 bits per heavy atom. The fourth-order valence-corrected chi connectivity index (χ4v) is 1.37. The first-order valence-electron chi connectivity index (χ1n) is 3.61. The minimum atomic E-state index is 0.305. The Bertz CT molecular complexity index is 485. The van der Waals surface area contributed by atoms with Crippen LogP contribution in [-0.4, -0.2) is 25.6 Å². The Balaban J connectivity index is 2.55. The lowest BCUT2D eigenvalue weighted by Crippen LogP contribution is -1.90. The second-order valence-electron chi connectivity index (χ2n) is 2.40. The van der Waals surface area contributed by atoms with Crippen molar-refractivity contribution < 1.29 is 0 Å². The lowest BCUT2D eigenvalue weighted by molar-refractivity contribution is 0.881. The van der Waals surface area contributed by atoms with Crippen LogP contribution in [0, 0.1) is 11.3 Å². The number of hydrogen-bond donors (Lipinski definition) is 1. The Morgan fingerprint density at radius 1 is 1.43 bits per heavy atom. The van der Waals surface area contributed by atoms with Crippen LogP contribution < -0.4 is 0 Å². The van der Waals surface area contributed by atoms with Crippen LogP contribution in [0.3, 0.4) is 0 Å². The van der Waals surface area contributed by atoms with Gasteiger partial charge in [0.15, 0.2) is 0 Å².